The summed E-state index contributed by atoms with van der Waals surface area (Å²) in [7, 11) is 0. The summed E-state index contributed by atoms with van der Waals surface area (Å²) in [6.07, 6.45) is 11.9. The van der Waals surface area contributed by atoms with E-state index >= 15 is 0 Å². The molecule has 0 bridgehead atoms. The predicted molar refractivity (Wildman–Crippen MR) is 92.8 cm³/mol. The lowest BCUT2D eigenvalue weighted by Gasteiger charge is -2.60. The van der Waals surface area contributed by atoms with Crippen molar-refractivity contribution in [3.8, 4) is 12.3 Å². The van der Waals surface area contributed by atoms with E-state index in [1.54, 1.807) is 0 Å². The van der Waals surface area contributed by atoms with Crippen molar-refractivity contribution in [3.63, 3.8) is 0 Å². The van der Waals surface area contributed by atoms with Crippen LogP contribution in [0.25, 0.3) is 0 Å². The fraction of sp³-hybridized carbons (Fsp3) is 0.810. The van der Waals surface area contributed by atoms with Crippen molar-refractivity contribution in [2.75, 3.05) is 0 Å². The monoisotopic (exact) mass is 330 g/mol. The van der Waals surface area contributed by atoms with Crippen LogP contribution < -0.4 is 0 Å². The van der Waals surface area contributed by atoms with Gasteiger partial charge in [-0.15, -0.1) is 12.3 Å². The molecule has 0 radical (unpaired) electrons. The summed E-state index contributed by atoms with van der Waals surface area (Å²) in [5, 5.41) is 31.7. The minimum atomic E-state index is -0.475. The van der Waals surface area contributed by atoms with Gasteiger partial charge < -0.3 is 15.3 Å². The zero-order valence-electron chi connectivity index (χ0n) is 14.8. The molecule has 1 unspecified atom stereocenters. The number of aliphatic hydroxyl groups is 3. The molecule has 4 aliphatic rings. The third-order valence-electron chi connectivity index (χ3n) is 8.40. The zero-order valence-corrected chi connectivity index (χ0v) is 14.8. The summed E-state index contributed by atoms with van der Waals surface area (Å²) in [6.45, 7) is 4.48. The lowest BCUT2D eigenvalue weighted by atomic mass is 9.45. The Hall–Kier alpha value is -0.820. The van der Waals surface area contributed by atoms with Gasteiger partial charge in [0, 0.05) is 11.3 Å². The van der Waals surface area contributed by atoms with Crippen LogP contribution in [0.2, 0.25) is 0 Å². The van der Waals surface area contributed by atoms with E-state index in [1.807, 2.05) is 6.08 Å². The highest BCUT2D eigenvalue weighted by atomic mass is 16.3. The maximum atomic E-state index is 11.0. The molecule has 4 aliphatic carbocycles. The Kier molecular flexibility index (Phi) is 3.70. The number of hydrogen-bond acceptors (Lipinski definition) is 3. The molecular formula is C21H30O3. The summed E-state index contributed by atoms with van der Waals surface area (Å²) in [4.78, 5) is 0. The average Bonchev–Trinajstić information content (AvgIpc) is 2.84. The molecule has 0 aromatic carbocycles. The smallest absolute Gasteiger partial charge is 0.0757 e. The standard InChI is InChI=1S/C21H30O3/c1-4-12-9-14(22)10-13-11-17(23)19-15-5-6-18(24)20(15,2)8-7-16(19)21(12,13)3/h1,11-12,14-19,22-24H,5-10H2,2-3H3/t12?,14-,15+,16+,17+,18+,19+,20+,21+/m1/s1. The van der Waals surface area contributed by atoms with E-state index in [0.29, 0.717) is 24.7 Å². The lowest BCUT2D eigenvalue weighted by Crippen LogP contribution is -2.57. The molecule has 3 N–H and O–H groups in total. The molecule has 0 aliphatic heterocycles. The third kappa shape index (κ3) is 1.97. The van der Waals surface area contributed by atoms with Crippen molar-refractivity contribution in [2.45, 2.75) is 70.7 Å². The Balaban J connectivity index is 1.78. The van der Waals surface area contributed by atoms with Gasteiger partial charge in [-0.1, -0.05) is 25.5 Å². The van der Waals surface area contributed by atoms with E-state index in [2.05, 4.69) is 19.8 Å². The van der Waals surface area contributed by atoms with Crippen molar-refractivity contribution >= 4 is 0 Å². The van der Waals surface area contributed by atoms with Gasteiger partial charge in [0.2, 0.25) is 0 Å². The maximum absolute atomic E-state index is 11.0. The van der Waals surface area contributed by atoms with Gasteiger partial charge in [-0.05, 0) is 61.7 Å². The Morgan fingerprint density at radius 2 is 1.88 bits per heavy atom. The molecule has 0 aromatic heterocycles. The molecule has 0 spiro atoms. The summed E-state index contributed by atoms with van der Waals surface area (Å²) in [6, 6.07) is 0. The summed E-state index contributed by atoms with van der Waals surface area (Å²) < 4.78 is 0. The van der Waals surface area contributed by atoms with Gasteiger partial charge in [0.15, 0.2) is 0 Å². The molecule has 9 atom stereocenters. The Morgan fingerprint density at radius 1 is 1.12 bits per heavy atom. The van der Waals surface area contributed by atoms with Crippen molar-refractivity contribution in [2.24, 2.45) is 34.5 Å². The van der Waals surface area contributed by atoms with E-state index in [4.69, 9.17) is 6.42 Å². The second-order valence-electron chi connectivity index (χ2n) is 9.21. The highest BCUT2D eigenvalue weighted by molar-refractivity contribution is 5.32. The number of aliphatic hydroxyl groups excluding tert-OH is 3. The molecule has 0 amide bonds. The predicted octanol–water partition coefficient (Wildman–Crippen LogP) is 2.50. The molecule has 24 heavy (non-hydrogen) atoms. The number of fused-ring (bicyclic) bond motifs is 5. The SMILES string of the molecule is C#CC1C[C@@H](O)CC2=C[C@H](O)[C@H]3[C@@H]4CC[C@H](O)[C@@]4(C)CC[C@@H]3[C@]21C. The first-order valence-corrected chi connectivity index (χ1v) is 9.54. The number of rotatable bonds is 0. The van der Waals surface area contributed by atoms with Crippen LogP contribution in [-0.2, 0) is 0 Å². The van der Waals surface area contributed by atoms with Crippen molar-refractivity contribution in [3.05, 3.63) is 11.6 Å². The van der Waals surface area contributed by atoms with Gasteiger partial charge in [-0.25, -0.2) is 0 Å². The van der Waals surface area contributed by atoms with Crippen molar-refractivity contribution in [1.82, 2.24) is 0 Å². The average molecular weight is 330 g/mol. The van der Waals surface area contributed by atoms with E-state index in [-0.39, 0.29) is 28.8 Å². The largest absolute Gasteiger partial charge is 0.393 e. The van der Waals surface area contributed by atoms with Gasteiger partial charge in [0.1, 0.15) is 0 Å². The van der Waals surface area contributed by atoms with Crippen LogP contribution in [0.4, 0.5) is 0 Å². The van der Waals surface area contributed by atoms with Gasteiger partial charge in [-0.3, -0.25) is 0 Å². The van der Waals surface area contributed by atoms with Gasteiger partial charge in [-0.2, -0.15) is 0 Å². The molecule has 0 saturated heterocycles. The highest BCUT2D eigenvalue weighted by Crippen LogP contribution is 2.65. The molecule has 3 fully saturated rings. The summed E-state index contributed by atoms with van der Waals surface area (Å²) in [5.41, 5.74) is 0.983. The molecular weight excluding hydrogens is 300 g/mol. The quantitative estimate of drug-likeness (QED) is 0.472. The molecule has 3 nitrogen and oxygen atoms in total. The van der Waals surface area contributed by atoms with Gasteiger partial charge >= 0.3 is 0 Å². The maximum Gasteiger partial charge on any atom is 0.0757 e. The van der Waals surface area contributed by atoms with Crippen LogP contribution in [0.3, 0.4) is 0 Å². The lowest BCUT2D eigenvalue weighted by molar-refractivity contribution is -0.113. The first kappa shape index (κ1) is 16.6. The highest BCUT2D eigenvalue weighted by Gasteiger charge is 2.62. The Morgan fingerprint density at radius 3 is 2.58 bits per heavy atom. The Labute approximate surface area is 145 Å². The molecule has 132 valence electrons. The first-order valence-electron chi connectivity index (χ1n) is 9.54. The zero-order chi connectivity index (χ0) is 17.3. The van der Waals surface area contributed by atoms with E-state index < -0.39 is 12.2 Å². The van der Waals surface area contributed by atoms with Crippen LogP contribution >= 0.6 is 0 Å². The van der Waals surface area contributed by atoms with Crippen molar-refractivity contribution < 1.29 is 15.3 Å². The topological polar surface area (TPSA) is 60.7 Å². The van der Waals surface area contributed by atoms with Crippen LogP contribution in [0.1, 0.15) is 52.4 Å². The van der Waals surface area contributed by atoms with Crippen LogP contribution in [0, 0.1) is 46.8 Å². The number of terminal acetylenes is 1. The minimum absolute atomic E-state index is 0.0307. The first-order chi connectivity index (χ1) is 11.3. The summed E-state index contributed by atoms with van der Waals surface area (Å²) >= 11 is 0. The number of hydrogen-bond donors (Lipinski definition) is 3. The molecule has 3 heteroatoms. The van der Waals surface area contributed by atoms with E-state index in [0.717, 1.165) is 25.7 Å². The van der Waals surface area contributed by atoms with Crippen LogP contribution in [-0.4, -0.2) is 33.6 Å². The van der Waals surface area contributed by atoms with Gasteiger partial charge in [0.25, 0.3) is 0 Å². The third-order valence-corrected chi connectivity index (χ3v) is 8.40. The van der Waals surface area contributed by atoms with E-state index in [9.17, 15) is 15.3 Å². The normalized spacial score (nSPS) is 56.5. The van der Waals surface area contributed by atoms with Crippen molar-refractivity contribution in [1.29, 1.82) is 0 Å². The van der Waals surface area contributed by atoms with Crippen LogP contribution in [0.15, 0.2) is 11.6 Å². The van der Waals surface area contributed by atoms with Gasteiger partial charge in [0.05, 0.1) is 18.3 Å². The van der Waals surface area contributed by atoms with E-state index in [1.165, 1.54) is 5.57 Å². The molecule has 0 heterocycles. The second kappa shape index (κ2) is 5.34. The molecule has 4 rings (SSSR count). The second-order valence-corrected chi connectivity index (χ2v) is 9.21. The fourth-order valence-corrected chi connectivity index (χ4v) is 6.94. The molecule has 0 aromatic rings. The Bertz CT molecular complexity index is 605. The fourth-order valence-electron chi connectivity index (χ4n) is 6.94. The van der Waals surface area contributed by atoms with Crippen LogP contribution in [0.5, 0.6) is 0 Å². The summed E-state index contributed by atoms with van der Waals surface area (Å²) in [5.74, 6) is 3.89. The minimum Gasteiger partial charge on any atom is -0.393 e. The molecule has 3 saturated carbocycles.